The summed E-state index contributed by atoms with van der Waals surface area (Å²) in [6.07, 6.45) is -0.0517. The smallest absolute Gasteiger partial charge is 0.410 e. The third-order valence-corrected chi connectivity index (χ3v) is 4.57. The van der Waals surface area contributed by atoms with Crippen LogP contribution in [0.3, 0.4) is 0 Å². The van der Waals surface area contributed by atoms with E-state index in [-0.39, 0.29) is 23.7 Å². The predicted octanol–water partition coefficient (Wildman–Crippen LogP) is 2.51. The van der Waals surface area contributed by atoms with E-state index < -0.39 is 27.2 Å². The molecule has 11 heteroatoms. The normalized spacial score (nSPS) is 16.9. The number of ether oxygens (including phenoxy) is 2. The topological polar surface area (TPSA) is 125 Å². The second kappa shape index (κ2) is 8.45. The van der Waals surface area contributed by atoms with Gasteiger partial charge in [-0.1, -0.05) is 12.1 Å². The van der Waals surface area contributed by atoms with Gasteiger partial charge in [0.15, 0.2) is 0 Å². The Labute approximate surface area is 166 Å². The first-order chi connectivity index (χ1) is 13.7. The first-order valence-corrected chi connectivity index (χ1v) is 10.4. The minimum absolute atomic E-state index is 0.0977. The molecule has 3 rings (SSSR count). The van der Waals surface area contributed by atoms with Gasteiger partial charge in [-0.2, -0.15) is 8.42 Å². The number of hydrogen-bond donors (Lipinski definition) is 0. The van der Waals surface area contributed by atoms with E-state index in [4.69, 9.17) is 13.7 Å². The van der Waals surface area contributed by atoms with Crippen LogP contribution < -0.4 is 8.92 Å². The number of nitrogens with zero attached hydrogens (tertiary/aromatic N) is 2. The van der Waals surface area contributed by atoms with Crippen LogP contribution >= 0.6 is 0 Å². The molecule has 0 spiro atoms. The molecule has 1 aliphatic rings. The second-order valence-electron chi connectivity index (χ2n) is 6.28. The largest absolute Gasteiger partial charge is 0.415 e. The molecule has 1 amide bonds. The van der Waals surface area contributed by atoms with E-state index in [2.05, 4.69) is 0 Å². The molecule has 1 heterocycles. The molecule has 1 fully saturated rings. The lowest BCUT2D eigenvalue weighted by atomic mass is 10.1. The van der Waals surface area contributed by atoms with Gasteiger partial charge in [0.05, 0.1) is 24.3 Å². The molecule has 0 bridgehead atoms. The van der Waals surface area contributed by atoms with Crippen LogP contribution in [0, 0.1) is 10.1 Å². The second-order valence-corrected chi connectivity index (χ2v) is 7.86. The van der Waals surface area contributed by atoms with E-state index in [0.717, 1.165) is 11.8 Å². The van der Waals surface area contributed by atoms with Crippen LogP contribution in [-0.4, -0.2) is 50.3 Å². The predicted molar refractivity (Wildman–Crippen MR) is 101 cm³/mol. The highest BCUT2D eigenvalue weighted by Gasteiger charge is 2.27. The molecule has 2 aromatic rings. The molecule has 29 heavy (non-hydrogen) atoms. The Bertz CT molecular complexity index is 990. The fraction of sp³-hybridized carbons (Fsp3) is 0.278. The number of amides is 1. The Balaban J connectivity index is 1.62. The molecule has 0 saturated carbocycles. The van der Waals surface area contributed by atoms with E-state index in [1.165, 1.54) is 41.3 Å². The van der Waals surface area contributed by atoms with Crippen molar-refractivity contribution in [2.75, 3.05) is 26.0 Å². The molecule has 10 nitrogen and oxygen atoms in total. The summed E-state index contributed by atoms with van der Waals surface area (Å²) in [6.45, 7) is 0.858. The summed E-state index contributed by atoms with van der Waals surface area (Å²) >= 11 is 0. The van der Waals surface area contributed by atoms with Crippen molar-refractivity contribution in [3.8, 4) is 11.5 Å². The number of rotatable bonds is 5. The molecule has 0 unspecified atom stereocenters. The molecule has 154 valence electrons. The molecule has 0 N–H and O–H groups in total. The van der Waals surface area contributed by atoms with Gasteiger partial charge in [0.25, 0.3) is 5.69 Å². The Morgan fingerprint density at radius 1 is 1.14 bits per heavy atom. The summed E-state index contributed by atoms with van der Waals surface area (Å²) in [7, 11) is -3.61. The highest BCUT2D eigenvalue weighted by Crippen LogP contribution is 2.26. The standard InChI is InChI=1S/C18H18N2O8S/c1-29(24,25)28-16-6-2-13(3-7-16)17-12-19(10-11-26-17)18(21)27-15-8-4-14(5-9-15)20(22)23/h2-9,17H,10-12H2,1H3/t17-/m0/s1. The van der Waals surface area contributed by atoms with Crippen LogP contribution in [0.15, 0.2) is 48.5 Å². The summed E-state index contributed by atoms with van der Waals surface area (Å²) in [4.78, 5) is 24.0. The van der Waals surface area contributed by atoms with Gasteiger partial charge < -0.3 is 18.6 Å². The Morgan fingerprint density at radius 3 is 2.34 bits per heavy atom. The number of nitro groups is 1. The molecule has 2 aromatic carbocycles. The zero-order chi connectivity index (χ0) is 21.0. The number of non-ortho nitro benzene ring substituents is 1. The van der Waals surface area contributed by atoms with Crippen molar-refractivity contribution >= 4 is 21.9 Å². The van der Waals surface area contributed by atoms with E-state index in [9.17, 15) is 23.3 Å². The number of hydrogen-bond acceptors (Lipinski definition) is 8. The third-order valence-electron chi connectivity index (χ3n) is 4.08. The summed E-state index contributed by atoms with van der Waals surface area (Å²) in [5, 5.41) is 10.7. The maximum atomic E-state index is 12.4. The van der Waals surface area contributed by atoms with E-state index in [1.54, 1.807) is 12.1 Å². The van der Waals surface area contributed by atoms with E-state index in [0.29, 0.717) is 13.2 Å². The van der Waals surface area contributed by atoms with Crippen molar-refractivity contribution in [1.29, 1.82) is 0 Å². The van der Waals surface area contributed by atoms with Crippen LogP contribution in [0.5, 0.6) is 11.5 Å². The van der Waals surface area contributed by atoms with Gasteiger partial charge in [0, 0.05) is 18.7 Å². The number of carbonyl (C=O) groups excluding carboxylic acids is 1. The molecule has 0 aromatic heterocycles. The lowest BCUT2D eigenvalue weighted by Crippen LogP contribution is -2.43. The third kappa shape index (κ3) is 5.65. The first-order valence-electron chi connectivity index (χ1n) is 8.53. The minimum atomic E-state index is -3.61. The quantitative estimate of drug-likeness (QED) is 0.409. The van der Waals surface area contributed by atoms with Crippen LogP contribution in [0.25, 0.3) is 0 Å². The average molecular weight is 422 g/mol. The molecule has 0 radical (unpaired) electrons. The zero-order valence-corrected chi connectivity index (χ0v) is 16.2. The van der Waals surface area contributed by atoms with Crippen LogP contribution in [-0.2, 0) is 14.9 Å². The fourth-order valence-electron chi connectivity index (χ4n) is 2.73. The number of morpholine rings is 1. The van der Waals surface area contributed by atoms with Crippen LogP contribution in [0.1, 0.15) is 11.7 Å². The number of nitro benzene ring substituents is 1. The van der Waals surface area contributed by atoms with Gasteiger partial charge in [-0.15, -0.1) is 0 Å². The van der Waals surface area contributed by atoms with Gasteiger partial charge in [-0.3, -0.25) is 10.1 Å². The highest BCUT2D eigenvalue weighted by atomic mass is 32.2. The van der Waals surface area contributed by atoms with Gasteiger partial charge >= 0.3 is 16.2 Å². The maximum Gasteiger partial charge on any atom is 0.415 e. The van der Waals surface area contributed by atoms with Crippen LogP contribution in [0.2, 0.25) is 0 Å². The Morgan fingerprint density at radius 2 is 1.76 bits per heavy atom. The van der Waals surface area contributed by atoms with Crippen molar-refractivity contribution in [2.24, 2.45) is 0 Å². The summed E-state index contributed by atoms with van der Waals surface area (Å²) < 4.78 is 38.1. The molecule has 1 aliphatic heterocycles. The minimum Gasteiger partial charge on any atom is -0.410 e. The molecular formula is C18H18N2O8S. The van der Waals surface area contributed by atoms with Crippen molar-refractivity contribution < 1.29 is 31.8 Å². The van der Waals surface area contributed by atoms with Crippen molar-refractivity contribution in [3.63, 3.8) is 0 Å². The number of benzene rings is 2. The van der Waals surface area contributed by atoms with E-state index >= 15 is 0 Å². The highest BCUT2D eigenvalue weighted by molar-refractivity contribution is 7.86. The lowest BCUT2D eigenvalue weighted by Gasteiger charge is -2.32. The van der Waals surface area contributed by atoms with Crippen LogP contribution in [0.4, 0.5) is 10.5 Å². The molecule has 0 aliphatic carbocycles. The van der Waals surface area contributed by atoms with Gasteiger partial charge in [0.2, 0.25) is 0 Å². The monoisotopic (exact) mass is 422 g/mol. The van der Waals surface area contributed by atoms with Gasteiger partial charge in [-0.25, -0.2) is 4.79 Å². The van der Waals surface area contributed by atoms with Gasteiger partial charge in [0.1, 0.15) is 17.6 Å². The van der Waals surface area contributed by atoms with Crippen molar-refractivity contribution in [3.05, 3.63) is 64.2 Å². The molecule has 1 saturated heterocycles. The summed E-state index contributed by atoms with van der Waals surface area (Å²) in [5.74, 6) is 0.382. The maximum absolute atomic E-state index is 12.4. The lowest BCUT2D eigenvalue weighted by molar-refractivity contribution is -0.384. The Hall–Kier alpha value is -3.18. The fourth-order valence-corrected chi connectivity index (χ4v) is 3.19. The van der Waals surface area contributed by atoms with E-state index in [1.807, 2.05) is 0 Å². The van der Waals surface area contributed by atoms with Crippen molar-refractivity contribution in [1.82, 2.24) is 4.90 Å². The SMILES string of the molecule is CS(=O)(=O)Oc1ccc([C@@H]2CN(C(=O)Oc3ccc([N+](=O)[O-])cc3)CCO2)cc1. The zero-order valence-electron chi connectivity index (χ0n) is 15.4. The number of carbonyl (C=O) groups is 1. The summed E-state index contributed by atoms with van der Waals surface area (Å²) in [5.41, 5.74) is 0.651. The average Bonchev–Trinajstić information content (AvgIpc) is 2.68. The molecule has 1 atom stereocenters. The molecular weight excluding hydrogens is 404 g/mol. The summed E-state index contributed by atoms with van der Waals surface area (Å²) in [6, 6.07) is 11.6. The Kier molecular flexibility index (Phi) is 5.99. The first kappa shape index (κ1) is 20.6. The van der Waals surface area contributed by atoms with Gasteiger partial charge in [-0.05, 0) is 29.8 Å². The van der Waals surface area contributed by atoms with Crippen molar-refractivity contribution in [2.45, 2.75) is 6.10 Å².